The highest BCUT2D eigenvalue weighted by atomic mass is 32.1. The number of halogens is 3. The Bertz CT molecular complexity index is 947. The number of ether oxygens (including phenoxy) is 1. The Morgan fingerprint density at radius 2 is 2.04 bits per heavy atom. The summed E-state index contributed by atoms with van der Waals surface area (Å²) in [5.74, 6) is 0.684. The summed E-state index contributed by atoms with van der Waals surface area (Å²) in [5, 5.41) is 2.43. The van der Waals surface area contributed by atoms with Gasteiger partial charge in [-0.25, -0.2) is 4.98 Å². The van der Waals surface area contributed by atoms with Crippen molar-refractivity contribution in [1.82, 2.24) is 9.55 Å². The molecule has 2 heterocycles. The minimum atomic E-state index is -4.50. The van der Waals surface area contributed by atoms with Crippen molar-refractivity contribution in [2.45, 2.75) is 12.7 Å². The molecule has 0 aliphatic heterocycles. The first-order valence-corrected chi connectivity index (χ1v) is 8.11. The van der Waals surface area contributed by atoms with Crippen molar-refractivity contribution in [2.75, 3.05) is 7.11 Å². The minimum Gasteiger partial charge on any atom is -0.497 e. The standard InChI is InChI=1S/C17H13F3N2O2S/c1-24-14-4-2-3-11(7-14)16-21-13(10-25-16)9-22-8-12(17(18,19)20)5-6-15(22)23/h2-8,10H,9H2,1H3. The summed E-state index contributed by atoms with van der Waals surface area (Å²) >= 11 is 1.35. The molecule has 0 aliphatic rings. The minimum absolute atomic E-state index is 0.0246. The molecule has 0 radical (unpaired) electrons. The maximum absolute atomic E-state index is 12.8. The van der Waals surface area contributed by atoms with Crippen LogP contribution in [0.3, 0.4) is 0 Å². The molecule has 2 aromatic heterocycles. The predicted octanol–water partition coefficient (Wildman–Crippen LogP) is 4.05. The fraction of sp³-hybridized carbons (Fsp3) is 0.176. The Morgan fingerprint density at radius 3 is 2.76 bits per heavy atom. The zero-order valence-corrected chi connectivity index (χ0v) is 13.9. The van der Waals surface area contributed by atoms with Crippen LogP contribution in [0.5, 0.6) is 5.75 Å². The Labute approximate surface area is 145 Å². The smallest absolute Gasteiger partial charge is 0.417 e. The van der Waals surface area contributed by atoms with Crippen molar-refractivity contribution in [1.29, 1.82) is 0 Å². The summed E-state index contributed by atoms with van der Waals surface area (Å²) in [7, 11) is 1.56. The van der Waals surface area contributed by atoms with Gasteiger partial charge in [0.1, 0.15) is 10.8 Å². The molecule has 25 heavy (non-hydrogen) atoms. The highest BCUT2D eigenvalue weighted by molar-refractivity contribution is 7.13. The summed E-state index contributed by atoms with van der Waals surface area (Å²) < 4.78 is 44.6. The molecule has 3 aromatic rings. The first kappa shape index (κ1) is 17.2. The van der Waals surface area contributed by atoms with Crippen LogP contribution in [0.25, 0.3) is 10.6 Å². The third kappa shape index (κ3) is 3.90. The number of benzene rings is 1. The number of hydrogen-bond acceptors (Lipinski definition) is 4. The number of methoxy groups -OCH3 is 1. The molecule has 0 amide bonds. The van der Waals surface area contributed by atoms with Gasteiger partial charge >= 0.3 is 6.18 Å². The number of pyridine rings is 1. The summed E-state index contributed by atoms with van der Waals surface area (Å²) in [6.07, 6.45) is -3.68. The van der Waals surface area contributed by atoms with Crippen LogP contribution in [-0.4, -0.2) is 16.7 Å². The Morgan fingerprint density at radius 1 is 1.24 bits per heavy atom. The van der Waals surface area contributed by atoms with Gasteiger partial charge in [0.05, 0.1) is 24.9 Å². The van der Waals surface area contributed by atoms with E-state index in [9.17, 15) is 18.0 Å². The molecule has 0 atom stereocenters. The molecule has 3 rings (SSSR count). The van der Waals surface area contributed by atoms with E-state index in [1.807, 2.05) is 18.2 Å². The number of hydrogen-bond donors (Lipinski definition) is 0. The quantitative estimate of drug-likeness (QED) is 0.700. The topological polar surface area (TPSA) is 44.1 Å². The molecule has 0 fully saturated rings. The Hall–Kier alpha value is -2.61. The number of alkyl halides is 3. The van der Waals surface area contributed by atoms with Gasteiger partial charge in [-0.1, -0.05) is 12.1 Å². The van der Waals surface area contributed by atoms with Gasteiger partial charge in [-0.05, 0) is 18.2 Å². The SMILES string of the molecule is COc1cccc(-c2nc(Cn3cc(C(F)(F)F)ccc3=O)cs2)c1. The number of nitrogens with zero attached hydrogens (tertiary/aromatic N) is 2. The second-order valence-electron chi connectivity index (χ2n) is 5.26. The van der Waals surface area contributed by atoms with Gasteiger partial charge in [-0.3, -0.25) is 4.79 Å². The van der Waals surface area contributed by atoms with Crippen molar-refractivity contribution >= 4 is 11.3 Å². The fourth-order valence-electron chi connectivity index (χ4n) is 2.27. The largest absolute Gasteiger partial charge is 0.497 e. The van der Waals surface area contributed by atoms with Crippen LogP contribution in [0.4, 0.5) is 13.2 Å². The van der Waals surface area contributed by atoms with Crippen LogP contribution >= 0.6 is 11.3 Å². The van der Waals surface area contributed by atoms with Gasteiger partial charge < -0.3 is 9.30 Å². The van der Waals surface area contributed by atoms with Crippen LogP contribution in [0.1, 0.15) is 11.3 Å². The fourth-order valence-corrected chi connectivity index (χ4v) is 3.07. The first-order valence-electron chi connectivity index (χ1n) is 7.23. The molecular weight excluding hydrogens is 353 g/mol. The van der Waals surface area contributed by atoms with Crippen LogP contribution in [0.2, 0.25) is 0 Å². The second kappa shape index (κ2) is 6.72. The van der Waals surface area contributed by atoms with E-state index in [0.29, 0.717) is 16.5 Å². The lowest BCUT2D eigenvalue weighted by Crippen LogP contribution is -2.22. The van der Waals surface area contributed by atoms with E-state index in [1.54, 1.807) is 18.6 Å². The highest BCUT2D eigenvalue weighted by Gasteiger charge is 2.31. The lowest BCUT2D eigenvalue weighted by molar-refractivity contribution is -0.138. The van der Waals surface area contributed by atoms with Crippen LogP contribution in [-0.2, 0) is 12.7 Å². The molecule has 0 saturated carbocycles. The lowest BCUT2D eigenvalue weighted by Gasteiger charge is -2.09. The third-order valence-corrected chi connectivity index (χ3v) is 4.45. The monoisotopic (exact) mass is 366 g/mol. The molecule has 0 spiro atoms. The molecule has 8 heteroatoms. The average molecular weight is 366 g/mol. The number of rotatable bonds is 4. The third-order valence-electron chi connectivity index (χ3n) is 3.51. The zero-order valence-electron chi connectivity index (χ0n) is 13.1. The normalized spacial score (nSPS) is 11.5. The number of thiazole rings is 1. The van der Waals surface area contributed by atoms with Gasteiger partial charge in [0, 0.05) is 23.2 Å². The Balaban J connectivity index is 1.88. The van der Waals surface area contributed by atoms with E-state index in [4.69, 9.17) is 4.74 Å². The van der Waals surface area contributed by atoms with Gasteiger partial charge in [0.2, 0.25) is 0 Å². The lowest BCUT2D eigenvalue weighted by atomic mass is 10.2. The first-order chi connectivity index (χ1) is 11.9. The van der Waals surface area contributed by atoms with Gasteiger partial charge in [0.25, 0.3) is 5.56 Å². The molecular formula is C17H13F3N2O2S. The number of aromatic nitrogens is 2. The van der Waals surface area contributed by atoms with Crippen molar-refractivity contribution in [2.24, 2.45) is 0 Å². The molecule has 4 nitrogen and oxygen atoms in total. The van der Waals surface area contributed by atoms with Crippen LogP contribution < -0.4 is 10.3 Å². The molecule has 0 unspecified atom stereocenters. The van der Waals surface area contributed by atoms with E-state index < -0.39 is 17.3 Å². The van der Waals surface area contributed by atoms with Gasteiger partial charge in [-0.15, -0.1) is 11.3 Å². The highest BCUT2D eigenvalue weighted by Crippen LogP contribution is 2.29. The molecule has 0 bridgehead atoms. The zero-order chi connectivity index (χ0) is 18.0. The molecule has 130 valence electrons. The van der Waals surface area contributed by atoms with Crippen molar-refractivity contribution in [3.05, 3.63) is 69.6 Å². The van der Waals surface area contributed by atoms with E-state index in [-0.39, 0.29) is 6.54 Å². The van der Waals surface area contributed by atoms with E-state index >= 15 is 0 Å². The van der Waals surface area contributed by atoms with Crippen LogP contribution in [0.15, 0.2) is 52.8 Å². The maximum Gasteiger partial charge on any atom is 0.417 e. The summed E-state index contributed by atoms with van der Waals surface area (Å²) in [4.78, 5) is 16.2. The average Bonchev–Trinajstić information content (AvgIpc) is 3.04. The summed E-state index contributed by atoms with van der Waals surface area (Å²) in [6.45, 7) is -0.0246. The summed E-state index contributed by atoms with van der Waals surface area (Å²) in [6, 6.07) is 9.01. The van der Waals surface area contributed by atoms with Crippen molar-refractivity contribution in [3.8, 4) is 16.3 Å². The van der Waals surface area contributed by atoms with E-state index in [1.165, 1.54) is 11.3 Å². The predicted molar refractivity (Wildman–Crippen MR) is 88.9 cm³/mol. The maximum atomic E-state index is 12.8. The van der Waals surface area contributed by atoms with Crippen molar-refractivity contribution < 1.29 is 17.9 Å². The second-order valence-corrected chi connectivity index (χ2v) is 6.12. The molecule has 1 aromatic carbocycles. The van der Waals surface area contributed by atoms with E-state index in [0.717, 1.165) is 28.5 Å². The van der Waals surface area contributed by atoms with Crippen LogP contribution in [0, 0.1) is 0 Å². The van der Waals surface area contributed by atoms with E-state index in [2.05, 4.69) is 4.98 Å². The van der Waals surface area contributed by atoms with Gasteiger partial charge in [0.15, 0.2) is 0 Å². The molecule has 0 N–H and O–H groups in total. The Kier molecular flexibility index (Phi) is 4.63. The molecule has 0 aliphatic carbocycles. The molecule has 0 saturated heterocycles. The van der Waals surface area contributed by atoms with Gasteiger partial charge in [-0.2, -0.15) is 13.2 Å². The summed E-state index contributed by atoms with van der Waals surface area (Å²) in [5.41, 5.74) is -0.0180. The van der Waals surface area contributed by atoms with Crippen molar-refractivity contribution in [3.63, 3.8) is 0 Å².